The molecular formula is C20H24FN3O2. The van der Waals surface area contributed by atoms with Crippen molar-refractivity contribution in [3.05, 3.63) is 70.5 Å². The lowest BCUT2D eigenvalue weighted by Crippen LogP contribution is -2.41. The van der Waals surface area contributed by atoms with Gasteiger partial charge in [0.05, 0.1) is 0 Å². The zero-order valence-electron chi connectivity index (χ0n) is 15.3. The van der Waals surface area contributed by atoms with Gasteiger partial charge in [-0.15, -0.1) is 0 Å². The van der Waals surface area contributed by atoms with Crippen LogP contribution in [0, 0.1) is 19.7 Å². The molecule has 0 heterocycles. The molecule has 6 heteroatoms. The molecule has 2 aromatic rings. The number of benzene rings is 2. The zero-order chi connectivity index (χ0) is 19.1. The maximum absolute atomic E-state index is 13.5. The second kappa shape index (κ2) is 8.99. The van der Waals surface area contributed by atoms with E-state index in [0.717, 1.165) is 11.1 Å². The normalized spacial score (nSPS) is 10.3. The van der Waals surface area contributed by atoms with Crippen LogP contribution in [0.5, 0.6) is 0 Å². The van der Waals surface area contributed by atoms with Gasteiger partial charge >= 0.3 is 6.03 Å². The van der Waals surface area contributed by atoms with Crippen molar-refractivity contribution in [2.75, 3.05) is 20.1 Å². The van der Waals surface area contributed by atoms with Gasteiger partial charge in [-0.2, -0.15) is 0 Å². The highest BCUT2D eigenvalue weighted by Crippen LogP contribution is 2.10. The number of carbonyl (C=O) groups is 2. The summed E-state index contributed by atoms with van der Waals surface area (Å²) in [5, 5.41) is 5.41. The molecule has 0 fully saturated rings. The van der Waals surface area contributed by atoms with Gasteiger partial charge < -0.3 is 15.5 Å². The van der Waals surface area contributed by atoms with Gasteiger partial charge in [0.2, 0.25) is 0 Å². The number of carbonyl (C=O) groups excluding carboxylic acids is 2. The average Bonchev–Trinajstić information content (AvgIpc) is 2.62. The van der Waals surface area contributed by atoms with Crippen LogP contribution in [0.25, 0.3) is 0 Å². The molecule has 0 aliphatic carbocycles. The van der Waals surface area contributed by atoms with Crippen LogP contribution in [-0.4, -0.2) is 37.0 Å². The van der Waals surface area contributed by atoms with Crippen LogP contribution in [0.2, 0.25) is 0 Å². The van der Waals surface area contributed by atoms with E-state index < -0.39 is 5.82 Å². The molecule has 0 aliphatic rings. The minimum atomic E-state index is -0.413. The lowest BCUT2D eigenvalue weighted by molar-refractivity contribution is 0.0953. The minimum Gasteiger partial charge on any atom is -0.350 e. The van der Waals surface area contributed by atoms with Crippen molar-refractivity contribution in [2.24, 2.45) is 0 Å². The number of aryl methyl sites for hydroxylation is 2. The van der Waals surface area contributed by atoms with E-state index in [4.69, 9.17) is 0 Å². The summed E-state index contributed by atoms with van der Waals surface area (Å²) in [5.74, 6) is -0.782. The predicted octanol–water partition coefficient (Wildman–Crippen LogP) is 3.01. The van der Waals surface area contributed by atoms with Crippen LogP contribution >= 0.6 is 0 Å². The highest BCUT2D eigenvalue weighted by atomic mass is 19.1. The Hall–Kier alpha value is -2.89. The molecule has 0 spiro atoms. The lowest BCUT2D eigenvalue weighted by atomic mass is 10.1. The summed E-state index contributed by atoms with van der Waals surface area (Å²) in [5.41, 5.74) is 2.96. The van der Waals surface area contributed by atoms with Gasteiger partial charge in [-0.05, 0) is 42.7 Å². The lowest BCUT2D eigenvalue weighted by Gasteiger charge is -2.19. The third kappa shape index (κ3) is 5.31. The van der Waals surface area contributed by atoms with Crippen molar-refractivity contribution in [1.82, 2.24) is 15.5 Å². The zero-order valence-corrected chi connectivity index (χ0v) is 15.3. The van der Waals surface area contributed by atoms with Gasteiger partial charge in [0, 0.05) is 32.2 Å². The van der Waals surface area contributed by atoms with Crippen LogP contribution in [0.1, 0.15) is 27.0 Å². The summed E-state index contributed by atoms with van der Waals surface area (Å²) in [7, 11) is 1.72. The SMILES string of the molecule is Cc1ccc(C(=O)NCCNC(=O)N(C)Cc2ccccc2C)cc1F. The van der Waals surface area contributed by atoms with Gasteiger partial charge in [-0.1, -0.05) is 30.3 Å². The summed E-state index contributed by atoms with van der Waals surface area (Å²) in [6, 6.07) is 12.0. The Bertz CT molecular complexity index is 792. The van der Waals surface area contributed by atoms with Gasteiger partial charge in [0.15, 0.2) is 0 Å². The first-order valence-electron chi connectivity index (χ1n) is 8.46. The number of rotatable bonds is 6. The summed E-state index contributed by atoms with van der Waals surface area (Å²) < 4.78 is 13.5. The Balaban J connectivity index is 1.74. The van der Waals surface area contributed by atoms with Crippen molar-refractivity contribution in [3.63, 3.8) is 0 Å². The fourth-order valence-electron chi connectivity index (χ4n) is 2.43. The Kier molecular flexibility index (Phi) is 6.72. The number of hydrogen-bond donors (Lipinski definition) is 2. The quantitative estimate of drug-likeness (QED) is 0.781. The Morgan fingerprint density at radius 1 is 1.00 bits per heavy atom. The van der Waals surface area contributed by atoms with E-state index in [1.807, 2.05) is 31.2 Å². The third-order valence-corrected chi connectivity index (χ3v) is 4.14. The highest BCUT2D eigenvalue weighted by molar-refractivity contribution is 5.94. The summed E-state index contributed by atoms with van der Waals surface area (Å²) >= 11 is 0. The number of nitrogens with zero attached hydrogens (tertiary/aromatic N) is 1. The van der Waals surface area contributed by atoms with Crippen LogP contribution in [0.3, 0.4) is 0 Å². The van der Waals surface area contributed by atoms with Gasteiger partial charge in [-0.25, -0.2) is 9.18 Å². The van der Waals surface area contributed by atoms with Gasteiger partial charge in [0.1, 0.15) is 5.82 Å². The van der Waals surface area contributed by atoms with E-state index >= 15 is 0 Å². The Morgan fingerprint density at radius 2 is 1.69 bits per heavy atom. The van der Waals surface area contributed by atoms with E-state index in [2.05, 4.69) is 10.6 Å². The van der Waals surface area contributed by atoms with Gasteiger partial charge in [-0.3, -0.25) is 4.79 Å². The molecule has 3 amide bonds. The number of nitrogens with one attached hydrogen (secondary N) is 2. The van der Waals surface area contributed by atoms with Crippen molar-refractivity contribution >= 4 is 11.9 Å². The van der Waals surface area contributed by atoms with E-state index in [1.165, 1.54) is 6.07 Å². The smallest absolute Gasteiger partial charge is 0.317 e. The van der Waals surface area contributed by atoms with Crippen LogP contribution in [-0.2, 0) is 6.54 Å². The first-order chi connectivity index (χ1) is 12.4. The number of hydrogen-bond acceptors (Lipinski definition) is 2. The first-order valence-corrected chi connectivity index (χ1v) is 8.46. The second-order valence-corrected chi connectivity index (χ2v) is 6.23. The predicted molar refractivity (Wildman–Crippen MR) is 99.5 cm³/mol. The fraction of sp³-hybridized carbons (Fsp3) is 0.300. The molecule has 5 nitrogen and oxygen atoms in total. The average molecular weight is 357 g/mol. The van der Waals surface area contributed by atoms with Crippen molar-refractivity contribution in [2.45, 2.75) is 20.4 Å². The third-order valence-electron chi connectivity index (χ3n) is 4.14. The maximum atomic E-state index is 13.5. The van der Waals surface area contributed by atoms with Crippen molar-refractivity contribution in [1.29, 1.82) is 0 Å². The summed E-state index contributed by atoms with van der Waals surface area (Å²) in [6.45, 7) is 4.70. The van der Waals surface area contributed by atoms with Gasteiger partial charge in [0.25, 0.3) is 5.91 Å². The number of halogens is 1. The van der Waals surface area contributed by atoms with Crippen LogP contribution < -0.4 is 10.6 Å². The monoisotopic (exact) mass is 357 g/mol. The molecule has 138 valence electrons. The largest absolute Gasteiger partial charge is 0.350 e. The summed E-state index contributed by atoms with van der Waals surface area (Å²) in [6.07, 6.45) is 0. The van der Waals surface area contributed by atoms with Crippen molar-refractivity contribution in [3.8, 4) is 0 Å². The van der Waals surface area contributed by atoms with E-state index in [0.29, 0.717) is 12.1 Å². The Morgan fingerprint density at radius 3 is 2.38 bits per heavy atom. The first kappa shape index (κ1) is 19.4. The molecule has 0 saturated carbocycles. The number of amides is 3. The second-order valence-electron chi connectivity index (χ2n) is 6.23. The summed E-state index contributed by atoms with van der Waals surface area (Å²) in [4.78, 5) is 25.7. The Labute approximate surface area is 153 Å². The van der Waals surface area contributed by atoms with E-state index in [-0.39, 0.29) is 30.6 Å². The molecular weight excluding hydrogens is 333 g/mol. The number of urea groups is 1. The minimum absolute atomic E-state index is 0.219. The molecule has 0 unspecified atom stereocenters. The highest BCUT2D eigenvalue weighted by Gasteiger charge is 2.11. The topological polar surface area (TPSA) is 61.4 Å². The molecule has 0 aliphatic heterocycles. The molecule has 0 bridgehead atoms. The molecule has 0 aromatic heterocycles. The molecule has 0 atom stereocenters. The molecule has 0 radical (unpaired) electrons. The fourth-order valence-corrected chi connectivity index (χ4v) is 2.43. The van der Waals surface area contributed by atoms with E-state index in [1.54, 1.807) is 31.0 Å². The molecule has 2 N–H and O–H groups in total. The molecule has 2 rings (SSSR count). The van der Waals surface area contributed by atoms with Crippen LogP contribution in [0.15, 0.2) is 42.5 Å². The van der Waals surface area contributed by atoms with E-state index in [9.17, 15) is 14.0 Å². The van der Waals surface area contributed by atoms with Crippen molar-refractivity contribution < 1.29 is 14.0 Å². The molecule has 26 heavy (non-hydrogen) atoms. The molecule has 0 saturated heterocycles. The standard InChI is InChI=1S/C20H24FN3O2/c1-14-6-4-5-7-17(14)13-24(3)20(26)23-11-10-22-19(25)16-9-8-15(2)18(21)12-16/h4-9,12H,10-11,13H2,1-3H3,(H,22,25)(H,23,26). The maximum Gasteiger partial charge on any atom is 0.317 e. The van der Waals surface area contributed by atoms with Crippen LogP contribution in [0.4, 0.5) is 9.18 Å². The molecule has 2 aromatic carbocycles.